The van der Waals surface area contributed by atoms with Crippen LogP contribution in [0.2, 0.25) is 0 Å². The van der Waals surface area contributed by atoms with E-state index in [-0.39, 0.29) is 0 Å². The van der Waals surface area contributed by atoms with Crippen LogP contribution in [0.4, 0.5) is 0 Å². The Morgan fingerprint density at radius 1 is 1.47 bits per heavy atom. The zero-order chi connectivity index (χ0) is 11.3. The van der Waals surface area contributed by atoms with Gasteiger partial charge in [-0.25, -0.2) is 0 Å². The topological polar surface area (TPSA) is 47.3 Å². The molecule has 0 aromatic carbocycles. The van der Waals surface area contributed by atoms with Crippen LogP contribution < -0.4 is 5.32 Å². The average molecular weight is 212 g/mol. The van der Waals surface area contributed by atoms with Crippen LogP contribution in [0.5, 0.6) is 0 Å². The monoisotopic (exact) mass is 212 g/mol. The Morgan fingerprint density at radius 3 is 2.67 bits per heavy atom. The first kappa shape index (κ1) is 12.2. The molecule has 1 atom stereocenters. The number of ether oxygens (including phenoxy) is 1. The third-order valence-electron chi connectivity index (χ3n) is 2.61. The average Bonchev–Trinajstić information content (AvgIpc) is 2.54. The van der Waals surface area contributed by atoms with Crippen molar-refractivity contribution in [3.05, 3.63) is 17.0 Å². The van der Waals surface area contributed by atoms with E-state index in [1.165, 1.54) is 0 Å². The fourth-order valence-corrected chi connectivity index (χ4v) is 1.52. The summed E-state index contributed by atoms with van der Waals surface area (Å²) in [5, 5.41) is 7.35. The molecule has 15 heavy (non-hydrogen) atoms. The van der Waals surface area contributed by atoms with E-state index in [1.54, 1.807) is 7.11 Å². The summed E-state index contributed by atoms with van der Waals surface area (Å²) >= 11 is 0. The normalized spacial score (nSPS) is 13.1. The zero-order valence-corrected chi connectivity index (χ0v) is 9.96. The van der Waals surface area contributed by atoms with E-state index in [1.807, 2.05) is 13.8 Å². The van der Waals surface area contributed by atoms with Crippen molar-refractivity contribution in [3.8, 4) is 0 Å². The highest BCUT2D eigenvalue weighted by Gasteiger charge is 2.11. The Bertz CT molecular complexity index is 277. The van der Waals surface area contributed by atoms with Gasteiger partial charge in [-0.3, -0.25) is 0 Å². The van der Waals surface area contributed by atoms with E-state index >= 15 is 0 Å². The standard InChI is InChI=1S/C11H20N2O2/c1-5-10(7-14-4)12-6-11-8(2)13-15-9(11)3/h10,12H,5-7H2,1-4H3. The van der Waals surface area contributed by atoms with Gasteiger partial charge in [0, 0.05) is 25.3 Å². The molecule has 0 amide bonds. The van der Waals surface area contributed by atoms with E-state index in [4.69, 9.17) is 9.26 Å². The predicted molar refractivity (Wildman–Crippen MR) is 58.8 cm³/mol. The third kappa shape index (κ3) is 3.32. The number of nitrogens with zero attached hydrogens (tertiary/aromatic N) is 1. The minimum atomic E-state index is 0.392. The molecule has 0 fully saturated rings. The molecule has 0 aliphatic carbocycles. The molecule has 1 aromatic rings. The fourth-order valence-electron chi connectivity index (χ4n) is 1.52. The van der Waals surface area contributed by atoms with Crippen molar-refractivity contribution in [3.63, 3.8) is 0 Å². The van der Waals surface area contributed by atoms with E-state index < -0.39 is 0 Å². The van der Waals surface area contributed by atoms with Gasteiger partial charge in [-0.2, -0.15) is 0 Å². The van der Waals surface area contributed by atoms with Gasteiger partial charge in [-0.05, 0) is 20.3 Å². The van der Waals surface area contributed by atoms with Crippen LogP contribution in [0, 0.1) is 13.8 Å². The van der Waals surface area contributed by atoms with E-state index in [9.17, 15) is 0 Å². The van der Waals surface area contributed by atoms with Crippen LogP contribution in [0.25, 0.3) is 0 Å². The van der Waals surface area contributed by atoms with E-state index in [2.05, 4.69) is 17.4 Å². The molecule has 1 N–H and O–H groups in total. The summed E-state index contributed by atoms with van der Waals surface area (Å²) in [7, 11) is 1.72. The summed E-state index contributed by atoms with van der Waals surface area (Å²) in [6, 6.07) is 0.392. The second-order valence-electron chi connectivity index (χ2n) is 3.74. The molecule has 1 unspecified atom stereocenters. The maximum absolute atomic E-state index is 5.12. The van der Waals surface area contributed by atoms with Crippen LogP contribution in [-0.4, -0.2) is 24.9 Å². The molecule has 0 saturated carbocycles. The van der Waals surface area contributed by atoms with Crippen molar-refractivity contribution >= 4 is 0 Å². The summed E-state index contributed by atoms with van der Waals surface area (Å²) in [5.74, 6) is 0.896. The molecule has 0 spiro atoms. The molecule has 0 radical (unpaired) electrons. The lowest BCUT2D eigenvalue weighted by Gasteiger charge is -2.15. The number of nitrogens with one attached hydrogen (secondary N) is 1. The molecule has 0 bridgehead atoms. The third-order valence-corrected chi connectivity index (χ3v) is 2.61. The van der Waals surface area contributed by atoms with Gasteiger partial charge in [-0.15, -0.1) is 0 Å². The van der Waals surface area contributed by atoms with Crippen LogP contribution in [0.15, 0.2) is 4.52 Å². The lowest BCUT2D eigenvalue weighted by atomic mass is 10.2. The van der Waals surface area contributed by atoms with Crippen molar-refractivity contribution in [2.45, 2.75) is 39.8 Å². The van der Waals surface area contributed by atoms with Crippen LogP contribution in [0.3, 0.4) is 0 Å². The largest absolute Gasteiger partial charge is 0.383 e. The van der Waals surface area contributed by atoms with Gasteiger partial charge in [0.15, 0.2) is 0 Å². The number of rotatable bonds is 6. The Hall–Kier alpha value is -0.870. The first-order chi connectivity index (χ1) is 7.19. The summed E-state index contributed by atoms with van der Waals surface area (Å²) in [4.78, 5) is 0. The first-order valence-corrected chi connectivity index (χ1v) is 5.33. The van der Waals surface area contributed by atoms with Crippen LogP contribution in [-0.2, 0) is 11.3 Å². The molecule has 0 saturated heterocycles. The molecular weight excluding hydrogens is 192 g/mol. The molecule has 4 heteroatoms. The minimum absolute atomic E-state index is 0.392. The number of aryl methyl sites for hydroxylation is 2. The van der Waals surface area contributed by atoms with Gasteiger partial charge in [0.1, 0.15) is 5.76 Å². The van der Waals surface area contributed by atoms with Crippen LogP contribution in [0.1, 0.15) is 30.4 Å². The summed E-state index contributed by atoms with van der Waals surface area (Å²) < 4.78 is 10.2. The second-order valence-corrected chi connectivity index (χ2v) is 3.74. The lowest BCUT2D eigenvalue weighted by molar-refractivity contribution is 0.163. The highest BCUT2D eigenvalue weighted by molar-refractivity contribution is 5.20. The van der Waals surface area contributed by atoms with Crippen molar-refractivity contribution in [1.82, 2.24) is 10.5 Å². The van der Waals surface area contributed by atoms with Gasteiger partial charge >= 0.3 is 0 Å². The van der Waals surface area contributed by atoms with Gasteiger partial charge in [0.2, 0.25) is 0 Å². The molecule has 1 rings (SSSR count). The minimum Gasteiger partial charge on any atom is -0.383 e. The quantitative estimate of drug-likeness (QED) is 0.781. The molecular formula is C11H20N2O2. The lowest BCUT2D eigenvalue weighted by Crippen LogP contribution is -2.32. The number of hydrogen-bond donors (Lipinski definition) is 1. The van der Waals surface area contributed by atoms with Gasteiger partial charge in [0.05, 0.1) is 12.3 Å². The molecule has 1 aromatic heterocycles. The maximum atomic E-state index is 5.12. The van der Waals surface area contributed by atoms with E-state index in [0.29, 0.717) is 6.04 Å². The smallest absolute Gasteiger partial charge is 0.138 e. The molecule has 86 valence electrons. The number of aromatic nitrogens is 1. The number of methoxy groups -OCH3 is 1. The maximum Gasteiger partial charge on any atom is 0.138 e. The second kappa shape index (κ2) is 5.88. The summed E-state index contributed by atoms with van der Waals surface area (Å²) in [6.45, 7) is 7.58. The Balaban J connectivity index is 2.48. The van der Waals surface area contributed by atoms with Crippen molar-refractivity contribution in [2.24, 2.45) is 0 Å². The fraction of sp³-hybridized carbons (Fsp3) is 0.727. The molecule has 4 nitrogen and oxygen atoms in total. The molecule has 1 heterocycles. The van der Waals surface area contributed by atoms with Gasteiger partial charge in [0.25, 0.3) is 0 Å². The van der Waals surface area contributed by atoms with Gasteiger partial charge in [-0.1, -0.05) is 12.1 Å². The molecule has 0 aliphatic rings. The van der Waals surface area contributed by atoms with Crippen LogP contribution >= 0.6 is 0 Å². The summed E-state index contributed by atoms with van der Waals surface area (Å²) in [6.07, 6.45) is 1.05. The highest BCUT2D eigenvalue weighted by atomic mass is 16.5. The Kier molecular flexibility index (Phi) is 4.78. The molecule has 0 aliphatic heterocycles. The van der Waals surface area contributed by atoms with Crippen molar-refractivity contribution in [1.29, 1.82) is 0 Å². The van der Waals surface area contributed by atoms with Gasteiger partial charge < -0.3 is 14.6 Å². The zero-order valence-electron chi connectivity index (χ0n) is 9.96. The summed E-state index contributed by atoms with van der Waals surface area (Å²) in [5.41, 5.74) is 2.12. The van der Waals surface area contributed by atoms with Crippen molar-refractivity contribution in [2.75, 3.05) is 13.7 Å². The first-order valence-electron chi connectivity index (χ1n) is 5.33. The van der Waals surface area contributed by atoms with Crippen molar-refractivity contribution < 1.29 is 9.26 Å². The highest BCUT2D eigenvalue weighted by Crippen LogP contribution is 2.11. The Labute approximate surface area is 91.0 Å². The van der Waals surface area contributed by atoms with E-state index in [0.717, 1.165) is 36.6 Å². The number of hydrogen-bond acceptors (Lipinski definition) is 4. The SMILES string of the molecule is CCC(COC)NCc1c(C)noc1C. The predicted octanol–water partition coefficient (Wildman–Crippen LogP) is 1.81. The Morgan fingerprint density at radius 2 is 2.20 bits per heavy atom.